The minimum absolute atomic E-state index is 0.166. The van der Waals surface area contributed by atoms with Crippen LogP contribution in [0.2, 0.25) is 10.0 Å². The largest absolute Gasteiger partial charge is 0.455 e. The third-order valence-electron chi connectivity index (χ3n) is 3.20. The van der Waals surface area contributed by atoms with E-state index >= 15 is 0 Å². The van der Waals surface area contributed by atoms with Crippen LogP contribution in [0.4, 0.5) is 5.69 Å². The number of hydrogen-bond donors (Lipinski definition) is 1. The van der Waals surface area contributed by atoms with Gasteiger partial charge in [-0.2, -0.15) is 0 Å². The zero-order valence-electron chi connectivity index (χ0n) is 13.6. The number of benzene rings is 2. The van der Waals surface area contributed by atoms with Crippen LogP contribution >= 0.6 is 35.0 Å². The normalized spacial score (nSPS) is 10.4. The van der Waals surface area contributed by atoms with Crippen LogP contribution in [-0.4, -0.2) is 24.2 Å². The van der Waals surface area contributed by atoms with Gasteiger partial charge in [-0.1, -0.05) is 35.3 Å². The molecule has 0 aliphatic heterocycles. The molecule has 0 aromatic heterocycles. The fourth-order valence-electron chi connectivity index (χ4n) is 2.02. The highest BCUT2D eigenvalue weighted by molar-refractivity contribution is 7.99. The molecule has 0 saturated heterocycles. The average molecular weight is 398 g/mol. The number of carbonyl (C=O) groups excluding carboxylic acids is 2. The highest BCUT2D eigenvalue weighted by Gasteiger charge is 2.09. The molecular weight excluding hydrogens is 381 g/mol. The van der Waals surface area contributed by atoms with E-state index in [1.807, 2.05) is 25.1 Å². The zero-order valence-corrected chi connectivity index (χ0v) is 15.9. The van der Waals surface area contributed by atoms with Crippen molar-refractivity contribution >= 4 is 52.5 Å². The SMILES string of the molecule is Cc1cc(Cl)ccc1NC(=O)COC(=O)CSCc1cccc(Cl)c1. The number of thioether (sulfide) groups is 1. The average Bonchev–Trinajstić information content (AvgIpc) is 2.56. The quantitative estimate of drug-likeness (QED) is 0.686. The molecule has 2 aromatic carbocycles. The number of anilines is 1. The summed E-state index contributed by atoms with van der Waals surface area (Å²) in [5.74, 6) is -0.0142. The van der Waals surface area contributed by atoms with E-state index in [9.17, 15) is 9.59 Å². The Morgan fingerprint density at radius 1 is 1.12 bits per heavy atom. The second-order valence-corrected chi connectivity index (χ2v) is 7.15. The Morgan fingerprint density at radius 2 is 1.88 bits per heavy atom. The first kappa shape index (κ1) is 19.6. The predicted octanol–water partition coefficient (Wildman–Crippen LogP) is 4.72. The first-order valence-electron chi connectivity index (χ1n) is 7.48. The molecule has 0 spiro atoms. The van der Waals surface area contributed by atoms with Crippen molar-refractivity contribution < 1.29 is 14.3 Å². The summed E-state index contributed by atoms with van der Waals surface area (Å²) in [7, 11) is 0. The maximum Gasteiger partial charge on any atom is 0.316 e. The van der Waals surface area contributed by atoms with E-state index in [0.29, 0.717) is 21.5 Å². The van der Waals surface area contributed by atoms with Crippen LogP contribution in [0.15, 0.2) is 42.5 Å². The van der Waals surface area contributed by atoms with E-state index in [1.54, 1.807) is 24.3 Å². The summed E-state index contributed by atoms with van der Waals surface area (Å²) in [6.07, 6.45) is 0. The van der Waals surface area contributed by atoms with Crippen LogP contribution in [-0.2, 0) is 20.1 Å². The second-order valence-electron chi connectivity index (χ2n) is 5.29. The molecule has 132 valence electrons. The molecule has 0 aliphatic carbocycles. The molecule has 0 bridgehead atoms. The van der Waals surface area contributed by atoms with Gasteiger partial charge in [0.05, 0.1) is 5.75 Å². The highest BCUT2D eigenvalue weighted by Crippen LogP contribution is 2.19. The molecule has 1 amide bonds. The topological polar surface area (TPSA) is 55.4 Å². The summed E-state index contributed by atoms with van der Waals surface area (Å²) in [5, 5.41) is 3.94. The van der Waals surface area contributed by atoms with Crippen molar-refractivity contribution in [3.8, 4) is 0 Å². The highest BCUT2D eigenvalue weighted by atomic mass is 35.5. The minimum atomic E-state index is -0.435. The van der Waals surface area contributed by atoms with Gasteiger partial charge in [0.1, 0.15) is 0 Å². The lowest BCUT2D eigenvalue weighted by Crippen LogP contribution is -2.22. The number of amides is 1. The summed E-state index contributed by atoms with van der Waals surface area (Å²) < 4.78 is 4.98. The number of aryl methyl sites for hydroxylation is 1. The van der Waals surface area contributed by atoms with Crippen molar-refractivity contribution in [2.45, 2.75) is 12.7 Å². The molecule has 0 heterocycles. The molecular formula is C18H17Cl2NO3S. The third kappa shape index (κ3) is 6.98. The van der Waals surface area contributed by atoms with Crippen LogP contribution in [0.5, 0.6) is 0 Å². The first-order valence-corrected chi connectivity index (χ1v) is 9.39. The van der Waals surface area contributed by atoms with Crippen LogP contribution in [0.25, 0.3) is 0 Å². The molecule has 0 saturated carbocycles. The molecule has 0 unspecified atom stereocenters. The third-order valence-corrected chi connectivity index (χ3v) is 4.65. The van der Waals surface area contributed by atoms with Crippen LogP contribution in [0.3, 0.4) is 0 Å². The molecule has 25 heavy (non-hydrogen) atoms. The number of esters is 1. The van der Waals surface area contributed by atoms with Gasteiger partial charge in [-0.05, 0) is 48.4 Å². The standard InChI is InChI=1S/C18H17Cl2NO3S/c1-12-7-15(20)5-6-16(12)21-17(22)9-24-18(23)11-25-10-13-3-2-4-14(19)8-13/h2-8H,9-11H2,1H3,(H,21,22). The summed E-state index contributed by atoms with van der Waals surface area (Å²) >= 11 is 13.2. The number of carbonyl (C=O) groups is 2. The predicted molar refractivity (Wildman–Crippen MR) is 103 cm³/mol. The lowest BCUT2D eigenvalue weighted by molar-refractivity contribution is -0.144. The van der Waals surface area contributed by atoms with Crippen molar-refractivity contribution in [3.05, 3.63) is 63.6 Å². The van der Waals surface area contributed by atoms with E-state index in [2.05, 4.69) is 5.32 Å². The summed E-state index contributed by atoms with van der Waals surface area (Å²) in [6.45, 7) is 1.51. The monoisotopic (exact) mass is 397 g/mol. The van der Waals surface area contributed by atoms with E-state index in [4.69, 9.17) is 27.9 Å². The van der Waals surface area contributed by atoms with Crippen LogP contribution in [0.1, 0.15) is 11.1 Å². The number of nitrogens with one attached hydrogen (secondary N) is 1. The van der Waals surface area contributed by atoms with E-state index < -0.39 is 11.9 Å². The number of rotatable bonds is 7. The smallest absolute Gasteiger partial charge is 0.316 e. The maximum absolute atomic E-state index is 11.8. The zero-order chi connectivity index (χ0) is 18.2. The lowest BCUT2D eigenvalue weighted by atomic mass is 10.2. The first-order chi connectivity index (χ1) is 11.9. The van der Waals surface area contributed by atoms with Gasteiger partial charge in [0.2, 0.25) is 0 Å². The molecule has 0 aliphatic rings. The Kier molecular flexibility index (Phi) is 7.62. The molecule has 2 rings (SSSR count). The fraction of sp³-hybridized carbons (Fsp3) is 0.222. The van der Waals surface area contributed by atoms with Gasteiger partial charge in [0.25, 0.3) is 5.91 Å². The Bertz CT molecular complexity index is 768. The van der Waals surface area contributed by atoms with E-state index in [0.717, 1.165) is 11.1 Å². The second kappa shape index (κ2) is 9.70. The Balaban J connectivity index is 1.69. The van der Waals surface area contributed by atoms with Gasteiger partial charge in [-0.25, -0.2) is 0 Å². The minimum Gasteiger partial charge on any atom is -0.455 e. The number of ether oxygens (including phenoxy) is 1. The molecule has 7 heteroatoms. The fourth-order valence-corrected chi connectivity index (χ4v) is 3.23. The molecule has 0 atom stereocenters. The summed E-state index contributed by atoms with van der Waals surface area (Å²) in [5.41, 5.74) is 2.51. The van der Waals surface area contributed by atoms with Gasteiger partial charge in [0.15, 0.2) is 6.61 Å². The number of hydrogen-bond acceptors (Lipinski definition) is 4. The van der Waals surface area contributed by atoms with Gasteiger partial charge in [-0.3, -0.25) is 9.59 Å². The van der Waals surface area contributed by atoms with E-state index in [-0.39, 0.29) is 12.4 Å². The maximum atomic E-state index is 11.8. The molecule has 0 radical (unpaired) electrons. The Hall–Kier alpha value is -1.69. The van der Waals surface area contributed by atoms with Crippen molar-refractivity contribution in [1.82, 2.24) is 0 Å². The van der Waals surface area contributed by atoms with Gasteiger partial charge >= 0.3 is 5.97 Å². The van der Waals surface area contributed by atoms with Crippen molar-refractivity contribution in [2.75, 3.05) is 17.7 Å². The number of halogens is 2. The van der Waals surface area contributed by atoms with Crippen molar-refractivity contribution in [2.24, 2.45) is 0 Å². The van der Waals surface area contributed by atoms with E-state index in [1.165, 1.54) is 11.8 Å². The molecule has 2 aromatic rings. The van der Waals surface area contributed by atoms with Crippen LogP contribution < -0.4 is 5.32 Å². The molecule has 1 N–H and O–H groups in total. The lowest BCUT2D eigenvalue weighted by Gasteiger charge is -2.09. The summed E-state index contributed by atoms with van der Waals surface area (Å²) in [6, 6.07) is 12.6. The van der Waals surface area contributed by atoms with Gasteiger partial charge in [0, 0.05) is 21.5 Å². The molecule has 4 nitrogen and oxygen atoms in total. The van der Waals surface area contributed by atoms with Crippen LogP contribution in [0, 0.1) is 6.92 Å². The van der Waals surface area contributed by atoms with Crippen molar-refractivity contribution in [3.63, 3.8) is 0 Å². The van der Waals surface area contributed by atoms with Gasteiger partial charge < -0.3 is 10.1 Å². The Labute approximate surface area is 160 Å². The van der Waals surface area contributed by atoms with Gasteiger partial charge in [-0.15, -0.1) is 11.8 Å². The Morgan fingerprint density at radius 3 is 2.60 bits per heavy atom. The molecule has 0 fully saturated rings. The summed E-state index contributed by atoms with van der Waals surface area (Å²) in [4.78, 5) is 23.5. The van der Waals surface area contributed by atoms with Crippen molar-refractivity contribution in [1.29, 1.82) is 0 Å².